The standard InChI is InChI=1S/C15H23NO/c1-11-10-12(2)16-14(3,4)15(11,17)13-8-6-5-7-9-13/h5-9,11-12,16-17H,10H2,1-4H3/t11-,12-,15-/m1/s1. The second kappa shape index (κ2) is 4.11. The third kappa shape index (κ3) is 1.90. The van der Waals surface area contributed by atoms with E-state index in [1.54, 1.807) is 0 Å². The van der Waals surface area contributed by atoms with Gasteiger partial charge in [-0.05, 0) is 38.7 Å². The van der Waals surface area contributed by atoms with Crippen molar-refractivity contribution in [2.45, 2.75) is 51.3 Å². The number of nitrogens with one attached hydrogen (secondary N) is 1. The van der Waals surface area contributed by atoms with Crippen LogP contribution in [0.15, 0.2) is 30.3 Å². The fraction of sp³-hybridized carbons (Fsp3) is 0.600. The zero-order valence-electron chi connectivity index (χ0n) is 11.2. The van der Waals surface area contributed by atoms with Crippen LogP contribution in [0.25, 0.3) is 0 Å². The minimum Gasteiger partial charge on any atom is -0.383 e. The number of hydrogen-bond acceptors (Lipinski definition) is 2. The van der Waals surface area contributed by atoms with Gasteiger partial charge in [0.05, 0.1) is 0 Å². The average Bonchev–Trinajstić information content (AvgIpc) is 2.26. The Balaban J connectivity index is 2.47. The molecule has 1 aromatic carbocycles. The van der Waals surface area contributed by atoms with Crippen LogP contribution in [-0.4, -0.2) is 16.7 Å². The molecule has 17 heavy (non-hydrogen) atoms. The lowest BCUT2D eigenvalue weighted by atomic mass is 9.65. The molecule has 0 spiro atoms. The van der Waals surface area contributed by atoms with Crippen LogP contribution in [0.5, 0.6) is 0 Å². The first-order valence-corrected chi connectivity index (χ1v) is 6.43. The number of aliphatic hydroxyl groups is 1. The monoisotopic (exact) mass is 233 g/mol. The van der Waals surface area contributed by atoms with E-state index in [4.69, 9.17) is 0 Å². The Morgan fingerprint density at radius 1 is 1.18 bits per heavy atom. The zero-order valence-corrected chi connectivity index (χ0v) is 11.2. The summed E-state index contributed by atoms with van der Waals surface area (Å²) in [5.41, 5.74) is -0.108. The van der Waals surface area contributed by atoms with Gasteiger partial charge in [-0.3, -0.25) is 0 Å². The molecule has 2 heteroatoms. The van der Waals surface area contributed by atoms with Crippen LogP contribution in [0, 0.1) is 5.92 Å². The Bertz CT molecular complexity index is 387. The topological polar surface area (TPSA) is 32.3 Å². The van der Waals surface area contributed by atoms with Crippen LogP contribution in [0.1, 0.15) is 39.7 Å². The highest BCUT2D eigenvalue weighted by Crippen LogP contribution is 2.44. The van der Waals surface area contributed by atoms with E-state index in [0.717, 1.165) is 12.0 Å². The number of benzene rings is 1. The van der Waals surface area contributed by atoms with Gasteiger partial charge in [-0.15, -0.1) is 0 Å². The Hall–Kier alpha value is -0.860. The lowest BCUT2D eigenvalue weighted by Gasteiger charge is -2.53. The number of rotatable bonds is 1. The van der Waals surface area contributed by atoms with E-state index >= 15 is 0 Å². The van der Waals surface area contributed by atoms with Gasteiger partial charge in [0.2, 0.25) is 0 Å². The van der Waals surface area contributed by atoms with Crippen LogP contribution in [0.2, 0.25) is 0 Å². The molecule has 1 heterocycles. The minimum absolute atomic E-state index is 0.246. The molecule has 3 atom stereocenters. The van der Waals surface area contributed by atoms with Crippen molar-refractivity contribution < 1.29 is 5.11 Å². The van der Waals surface area contributed by atoms with Crippen LogP contribution >= 0.6 is 0 Å². The largest absolute Gasteiger partial charge is 0.383 e. The quantitative estimate of drug-likeness (QED) is 0.781. The Labute approximate surface area is 104 Å². The van der Waals surface area contributed by atoms with Gasteiger partial charge in [0.15, 0.2) is 0 Å². The van der Waals surface area contributed by atoms with E-state index < -0.39 is 5.60 Å². The molecule has 2 rings (SSSR count). The average molecular weight is 233 g/mol. The molecule has 94 valence electrons. The van der Waals surface area contributed by atoms with E-state index in [9.17, 15) is 5.11 Å². The highest BCUT2D eigenvalue weighted by molar-refractivity contribution is 5.29. The Morgan fingerprint density at radius 2 is 1.76 bits per heavy atom. The van der Waals surface area contributed by atoms with Crippen molar-refractivity contribution >= 4 is 0 Å². The number of piperidine rings is 1. The molecule has 0 bridgehead atoms. The SMILES string of the molecule is C[C@@H]1C[C@@H](C)[C@@](O)(c2ccccc2)C(C)(C)N1. The van der Waals surface area contributed by atoms with E-state index in [2.05, 4.69) is 33.0 Å². The molecule has 0 aromatic heterocycles. The molecule has 0 radical (unpaired) electrons. The first kappa shape index (κ1) is 12.6. The fourth-order valence-corrected chi connectivity index (χ4v) is 3.44. The summed E-state index contributed by atoms with van der Waals surface area (Å²) in [6.45, 7) is 8.51. The lowest BCUT2D eigenvalue weighted by molar-refractivity contribution is -0.117. The normalized spacial score (nSPS) is 36.8. The maximum Gasteiger partial charge on any atom is 0.110 e. The molecule has 0 aliphatic carbocycles. The van der Waals surface area contributed by atoms with Crippen LogP contribution in [-0.2, 0) is 5.60 Å². The predicted octanol–water partition coefficient (Wildman–Crippen LogP) is 2.67. The molecule has 0 amide bonds. The summed E-state index contributed by atoms with van der Waals surface area (Å²) in [5.74, 6) is 0.246. The highest BCUT2D eigenvalue weighted by atomic mass is 16.3. The van der Waals surface area contributed by atoms with Gasteiger partial charge in [0.1, 0.15) is 5.60 Å². The van der Waals surface area contributed by atoms with Crippen LogP contribution in [0.4, 0.5) is 0 Å². The van der Waals surface area contributed by atoms with Gasteiger partial charge in [0.25, 0.3) is 0 Å². The first-order valence-electron chi connectivity index (χ1n) is 6.43. The Kier molecular flexibility index (Phi) is 3.04. The van der Waals surface area contributed by atoms with Gasteiger partial charge < -0.3 is 10.4 Å². The summed E-state index contributed by atoms with van der Waals surface area (Å²) in [6.07, 6.45) is 0.995. The molecule has 2 N–H and O–H groups in total. The molecule has 0 unspecified atom stereocenters. The van der Waals surface area contributed by atoms with Crippen molar-refractivity contribution in [2.24, 2.45) is 5.92 Å². The van der Waals surface area contributed by atoms with E-state index in [1.807, 2.05) is 30.3 Å². The van der Waals surface area contributed by atoms with Gasteiger partial charge >= 0.3 is 0 Å². The second-order valence-corrected chi connectivity index (χ2v) is 5.94. The molecular weight excluding hydrogens is 210 g/mol. The zero-order chi connectivity index (χ0) is 12.7. The van der Waals surface area contributed by atoms with Crippen molar-refractivity contribution in [1.82, 2.24) is 5.32 Å². The summed E-state index contributed by atoms with van der Waals surface area (Å²) < 4.78 is 0. The van der Waals surface area contributed by atoms with E-state index in [1.165, 1.54) is 0 Å². The lowest BCUT2D eigenvalue weighted by Crippen LogP contribution is -2.66. The van der Waals surface area contributed by atoms with Gasteiger partial charge in [-0.1, -0.05) is 37.3 Å². The summed E-state index contributed by atoms with van der Waals surface area (Å²) in [7, 11) is 0. The summed E-state index contributed by atoms with van der Waals surface area (Å²) in [4.78, 5) is 0. The van der Waals surface area contributed by atoms with E-state index in [-0.39, 0.29) is 11.5 Å². The molecule has 1 saturated heterocycles. The molecular formula is C15H23NO. The van der Waals surface area contributed by atoms with Gasteiger partial charge in [-0.2, -0.15) is 0 Å². The maximum atomic E-state index is 11.2. The third-order valence-corrected chi connectivity index (χ3v) is 4.19. The third-order valence-electron chi connectivity index (χ3n) is 4.19. The molecule has 1 aromatic rings. The first-order chi connectivity index (χ1) is 7.88. The van der Waals surface area contributed by atoms with Crippen LogP contribution < -0.4 is 5.32 Å². The molecule has 1 fully saturated rings. The molecule has 1 aliphatic heterocycles. The minimum atomic E-state index is -0.805. The smallest absolute Gasteiger partial charge is 0.110 e. The maximum absolute atomic E-state index is 11.2. The highest BCUT2D eigenvalue weighted by Gasteiger charge is 2.52. The molecule has 2 nitrogen and oxygen atoms in total. The summed E-state index contributed by atoms with van der Waals surface area (Å²) in [6, 6.07) is 10.5. The molecule has 1 aliphatic rings. The van der Waals surface area contributed by atoms with E-state index in [0.29, 0.717) is 6.04 Å². The fourth-order valence-electron chi connectivity index (χ4n) is 3.44. The molecule has 0 saturated carbocycles. The van der Waals surface area contributed by atoms with Gasteiger partial charge in [0, 0.05) is 11.6 Å². The number of hydrogen-bond donors (Lipinski definition) is 2. The van der Waals surface area contributed by atoms with Crippen molar-refractivity contribution in [1.29, 1.82) is 0 Å². The van der Waals surface area contributed by atoms with Gasteiger partial charge in [-0.25, -0.2) is 0 Å². The Morgan fingerprint density at radius 3 is 2.29 bits per heavy atom. The van der Waals surface area contributed by atoms with Crippen molar-refractivity contribution in [3.8, 4) is 0 Å². The van der Waals surface area contributed by atoms with Crippen LogP contribution in [0.3, 0.4) is 0 Å². The van der Waals surface area contributed by atoms with Crippen molar-refractivity contribution in [3.63, 3.8) is 0 Å². The second-order valence-electron chi connectivity index (χ2n) is 5.94. The predicted molar refractivity (Wildman–Crippen MR) is 70.8 cm³/mol. The summed E-state index contributed by atoms with van der Waals surface area (Å²) in [5, 5.41) is 14.7. The summed E-state index contributed by atoms with van der Waals surface area (Å²) >= 11 is 0. The van der Waals surface area contributed by atoms with Crippen molar-refractivity contribution in [2.75, 3.05) is 0 Å². The van der Waals surface area contributed by atoms with Crippen molar-refractivity contribution in [3.05, 3.63) is 35.9 Å².